The molecule has 0 saturated heterocycles. The Hall–Kier alpha value is -1.45. The van der Waals surface area contributed by atoms with Crippen LogP contribution in [0.5, 0.6) is 0 Å². The summed E-state index contributed by atoms with van der Waals surface area (Å²) >= 11 is 0. The first-order chi connectivity index (χ1) is 7.15. The zero-order valence-electron chi connectivity index (χ0n) is 8.85. The number of hydrogen-bond acceptors (Lipinski definition) is 1. The zero-order valence-corrected chi connectivity index (χ0v) is 8.85. The van der Waals surface area contributed by atoms with Gasteiger partial charge in [-0.25, -0.2) is 13.2 Å². The molecule has 0 unspecified atom stereocenters. The SMILES string of the molecule is CC.CO/C=C/c1c(F)cc(F)cc1F. The van der Waals surface area contributed by atoms with Crippen LogP contribution < -0.4 is 0 Å². The van der Waals surface area contributed by atoms with Crippen LogP contribution in [-0.2, 0) is 4.74 Å². The lowest BCUT2D eigenvalue weighted by molar-refractivity contribution is 0.341. The standard InChI is InChI=1S/C9H7F3O.C2H6/c1-13-3-2-7-8(11)4-6(10)5-9(7)12;1-2/h2-5H,1H3;1-2H3/b3-2+;. The van der Waals surface area contributed by atoms with E-state index in [1.54, 1.807) is 0 Å². The molecule has 1 rings (SSSR count). The molecule has 15 heavy (non-hydrogen) atoms. The highest BCUT2D eigenvalue weighted by molar-refractivity contribution is 5.49. The van der Waals surface area contributed by atoms with Crippen molar-refractivity contribution in [3.8, 4) is 0 Å². The quantitative estimate of drug-likeness (QED) is 0.687. The van der Waals surface area contributed by atoms with Crippen LogP contribution in [0.25, 0.3) is 6.08 Å². The van der Waals surface area contributed by atoms with Crippen molar-refractivity contribution >= 4 is 6.08 Å². The van der Waals surface area contributed by atoms with Crippen molar-refractivity contribution in [1.29, 1.82) is 0 Å². The monoisotopic (exact) mass is 218 g/mol. The Labute approximate surface area is 87.2 Å². The van der Waals surface area contributed by atoms with Gasteiger partial charge in [0.25, 0.3) is 0 Å². The highest BCUT2D eigenvalue weighted by Gasteiger charge is 2.07. The number of ether oxygens (including phenoxy) is 1. The van der Waals surface area contributed by atoms with Crippen LogP contribution in [0.15, 0.2) is 18.4 Å². The van der Waals surface area contributed by atoms with Crippen molar-refractivity contribution in [2.45, 2.75) is 13.8 Å². The van der Waals surface area contributed by atoms with Crippen LogP contribution in [0.3, 0.4) is 0 Å². The summed E-state index contributed by atoms with van der Waals surface area (Å²) in [5.41, 5.74) is -0.316. The topological polar surface area (TPSA) is 9.23 Å². The van der Waals surface area contributed by atoms with Gasteiger partial charge in [-0.05, 0) is 6.08 Å². The second-order valence-corrected chi connectivity index (χ2v) is 2.32. The lowest BCUT2D eigenvalue weighted by Gasteiger charge is -1.98. The average Bonchev–Trinajstić information content (AvgIpc) is 2.19. The maximum atomic E-state index is 12.8. The molecule has 0 saturated carbocycles. The third kappa shape index (κ3) is 4.06. The van der Waals surface area contributed by atoms with Gasteiger partial charge in [-0.2, -0.15) is 0 Å². The summed E-state index contributed by atoms with van der Waals surface area (Å²) in [6.45, 7) is 4.00. The number of rotatable bonds is 2. The molecule has 0 radical (unpaired) electrons. The first kappa shape index (κ1) is 13.5. The lowest BCUT2D eigenvalue weighted by Crippen LogP contribution is -1.90. The van der Waals surface area contributed by atoms with Crippen LogP contribution in [-0.4, -0.2) is 7.11 Å². The molecule has 0 atom stereocenters. The van der Waals surface area contributed by atoms with Gasteiger partial charge in [0.2, 0.25) is 0 Å². The molecule has 1 aromatic rings. The molecule has 0 aliphatic heterocycles. The molecule has 0 bridgehead atoms. The fraction of sp³-hybridized carbons (Fsp3) is 0.273. The van der Waals surface area contributed by atoms with Crippen molar-refractivity contribution in [3.05, 3.63) is 41.4 Å². The summed E-state index contributed by atoms with van der Waals surface area (Å²) in [5.74, 6) is -2.85. The van der Waals surface area contributed by atoms with E-state index in [4.69, 9.17) is 0 Å². The predicted molar refractivity (Wildman–Crippen MR) is 53.7 cm³/mol. The Kier molecular flexibility index (Phi) is 6.25. The van der Waals surface area contributed by atoms with Crippen molar-refractivity contribution < 1.29 is 17.9 Å². The Balaban J connectivity index is 0.000000921. The summed E-state index contributed by atoms with van der Waals surface area (Å²) in [6.07, 6.45) is 2.20. The smallest absolute Gasteiger partial charge is 0.136 e. The largest absolute Gasteiger partial charge is 0.504 e. The van der Waals surface area contributed by atoms with Gasteiger partial charge in [0, 0.05) is 17.7 Å². The Morgan fingerprint density at radius 2 is 1.53 bits per heavy atom. The maximum Gasteiger partial charge on any atom is 0.136 e. The van der Waals surface area contributed by atoms with Gasteiger partial charge < -0.3 is 4.74 Å². The van der Waals surface area contributed by atoms with Crippen LogP contribution in [0.1, 0.15) is 19.4 Å². The van der Waals surface area contributed by atoms with Crippen molar-refractivity contribution in [2.24, 2.45) is 0 Å². The van der Waals surface area contributed by atoms with Gasteiger partial charge in [0.15, 0.2) is 0 Å². The Morgan fingerprint density at radius 3 is 1.93 bits per heavy atom. The van der Waals surface area contributed by atoms with Gasteiger partial charge in [-0.3, -0.25) is 0 Å². The second kappa shape index (κ2) is 6.92. The summed E-state index contributed by atoms with van der Waals surface area (Å²) in [6, 6.07) is 1.22. The van der Waals surface area contributed by atoms with E-state index < -0.39 is 17.5 Å². The molecule has 0 heterocycles. The number of halogens is 3. The molecule has 1 nitrogen and oxygen atoms in total. The molecule has 84 valence electrons. The average molecular weight is 218 g/mol. The van der Waals surface area contributed by atoms with E-state index in [1.807, 2.05) is 13.8 Å². The number of hydrogen-bond donors (Lipinski definition) is 0. The van der Waals surface area contributed by atoms with E-state index in [0.29, 0.717) is 12.1 Å². The van der Waals surface area contributed by atoms with Crippen molar-refractivity contribution in [1.82, 2.24) is 0 Å². The fourth-order valence-corrected chi connectivity index (χ4v) is 0.849. The molecule has 0 spiro atoms. The van der Waals surface area contributed by atoms with Gasteiger partial charge in [-0.15, -0.1) is 0 Å². The van der Waals surface area contributed by atoms with Crippen LogP contribution >= 0.6 is 0 Å². The van der Waals surface area contributed by atoms with Crippen LogP contribution in [0, 0.1) is 17.5 Å². The van der Waals surface area contributed by atoms with Crippen LogP contribution in [0.4, 0.5) is 13.2 Å². The normalized spacial score (nSPS) is 9.73. The minimum absolute atomic E-state index is 0.316. The first-order valence-corrected chi connectivity index (χ1v) is 4.49. The van der Waals surface area contributed by atoms with Gasteiger partial charge >= 0.3 is 0 Å². The molecular formula is C11H13F3O. The summed E-state index contributed by atoms with van der Waals surface area (Å²) in [4.78, 5) is 0. The minimum atomic E-state index is -0.953. The predicted octanol–water partition coefficient (Wildman–Crippen LogP) is 3.75. The highest BCUT2D eigenvalue weighted by Crippen LogP contribution is 2.15. The van der Waals surface area contributed by atoms with E-state index in [0.717, 1.165) is 12.3 Å². The second-order valence-electron chi connectivity index (χ2n) is 2.32. The maximum absolute atomic E-state index is 12.8. The molecule has 4 heteroatoms. The number of benzene rings is 1. The molecule has 0 amide bonds. The lowest BCUT2D eigenvalue weighted by atomic mass is 10.2. The third-order valence-corrected chi connectivity index (χ3v) is 1.41. The minimum Gasteiger partial charge on any atom is -0.504 e. The third-order valence-electron chi connectivity index (χ3n) is 1.41. The van der Waals surface area contributed by atoms with E-state index in [9.17, 15) is 13.2 Å². The number of methoxy groups -OCH3 is 1. The molecule has 0 N–H and O–H groups in total. The van der Waals surface area contributed by atoms with E-state index >= 15 is 0 Å². The molecular weight excluding hydrogens is 205 g/mol. The Bertz CT molecular complexity index is 312. The molecule has 1 aromatic carbocycles. The summed E-state index contributed by atoms with van der Waals surface area (Å²) < 4.78 is 42.6. The van der Waals surface area contributed by atoms with Crippen molar-refractivity contribution in [3.63, 3.8) is 0 Å². The fourth-order valence-electron chi connectivity index (χ4n) is 0.849. The molecule has 0 aromatic heterocycles. The molecule has 0 fully saturated rings. The van der Waals surface area contributed by atoms with E-state index in [2.05, 4.69) is 4.74 Å². The summed E-state index contributed by atoms with van der Waals surface area (Å²) in [5, 5.41) is 0. The summed E-state index contributed by atoms with van der Waals surface area (Å²) in [7, 11) is 1.34. The van der Waals surface area contributed by atoms with Crippen molar-refractivity contribution in [2.75, 3.05) is 7.11 Å². The van der Waals surface area contributed by atoms with E-state index in [1.165, 1.54) is 7.11 Å². The molecule has 0 aliphatic rings. The zero-order chi connectivity index (χ0) is 11.8. The molecule has 0 aliphatic carbocycles. The first-order valence-electron chi connectivity index (χ1n) is 4.49. The van der Waals surface area contributed by atoms with Gasteiger partial charge in [-0.1, -0.05) is 13.8 Å². The van der Waals surface area contributed by atoms with Gasteiger partial charge in [0.1, 0.15) is 17.5 Å². The van der Waals surface area contributed by atoms with Crippen LogP contribution in [0.2, 0.25) is 0 Å². The van der Waals surface area contributed by atoms with Gasteiger partial charge in [0.05, 0.1) is 13.4 Å². The van der Waals surface area contributed by atoms with E-state index in [-0.39, 0.29) is 5.56 Å². The highest BCUT2D eigenvalue weighted by atomic mass is 19.1. The Morgan fingerprint density at radius 1 is 1.07 bits per heavy atom.